The van der Waals surface area contributed by atoms with Gasteiger partial charge in [0.15, 0.2) is 0 Å². The number of likely N-dealkylation sites (tertiary alicyclic amines) is 1. The average Bonchev–Trinajstić information content (AvgIpc) is 2.62. The van der Waals surface area contributed by atoms with Gasteiger partial charge in [0.1, 0.15) is 0 Å². The second-order valence-corrected chi connectivity index (χ2v) is 11.5. The van der Waals surface area contributed by atoms with Crippen molar-refractivity contribution in [1.82, 2.24) is 14.9 Å². The standard InChI is InChI=1S/C22H38N4O3S/c1-16(2)13-23-19-10-18(11-20(12-19)30(28,29)25-22(3,4)5)21(27)24-14-17-8-7-9-26(6)15-17/h10-12,16-17,23,25H,7-9,13-15H2,1-6H3,(H,24,27)/t17-/m0/s1. The highest BCUT2D eigenvalue weighted by molar-refractivity contribution is 7.89. The quantitative estimate of drug-likeness (QED) is 0.581. The summed E-state index contributed by atoms with van der Waals surface area (Å²) in [7, 11) is -1.66. The van der Waals surface area contributed by atoms with Crippen molar-refractivity contribution in [3.63, 3.8) is 0 Å². The Kier molecular flexibility index (Phi) is 8.30. The fourth-order valence-corrected chi connectivity index (χ4v) is 5.04. The largest absolute Gasteiger partial charge is 0.385 e. The maximum absolute atomic E-state index is 12.9. The van der Waals surface area contributed by atoms with E-state index in [-0.39, 0.29) is 10.8 Å². The number of hydrogen-bond acceptors (Lipinski definition) is 5. The fraction of sp³-hybridized carbons (Fsp3) is 0.682. The molecule has 1 fully saturated rings. The van der Waals surface area contributed by atoms with E-state index >= 15 is 0 Å². The van der Waals surface area contributed by atoms with Gasteiger partial charge in [0.25, 0.3) is 5.91 Å². The average molecular weight is 439 g/mol. The van der Waals surface area contributed by atoms with Crippen molar-refractivity contribution in [2.75, 3.05) is 38.5 Å². The minimum absolute atomic E-state index is 0.0914. The van der Waals surface area contributed by atoms with Crippen LogP contribution in [-0.4, -0.2) is 58.0 Å². The van der Waals surface area contributed by atoms with E-state index in [1.54, 1.807) is 32.9 Å². The molecule has 2 rings (SSSR count). The Morgan fingerprint density at radius 1 is 1.23 bits per heavy atom. The molecule has 8 heteroatoms. The number of benzene rings is 1. The third-order valence-corrected chi connectivity index (χ3v) is 6.64. The number of amides is 1. The van der Waals surface area contributed by atoms with Crippen LogP contribution in [0.2, 0.25) is 0 Å². The molecule has 0 radical (unpaired) electrons. The highest BCUT2D eigenvalue weighted by Crippen LogP contribution is 2.22. The summed E-state index contributed by atoms with van der Waals surface area (Å²) in [5.41, 5.74) is 0.362. The molecular weight excluding hydrogens is 400 g/mol. The van der Waals surface area contributed by atoms with Crippen molar-refractivity contribution in [2.45, 2.75) is 57.9 Å². The molecule has 0 aromatic heterocycles. The summed E-state index contributed by atoms with van der Waals surface area (Å²) in [6, 6.07) is 4.76. The van der Waals surface area contributed by atoms with Crippen LogP contribution >= 0.6 is 0 Å². The Balaban J connectivity index is 2.23. The summed E-state index contributed by atoms with van der Waals surface area (Å²) in [6.45, 7) is 12.9. The van der Waals surface area contributed by atoms with Crippen LogP contribution in [0.15, 0.2) is 23.1 Å². The Morgan fingerprint density at radius 2 is 1.93 bits per heavy atom. The highest BCUT2D eigenvalue weighted by Gasteiger charge is 2.24. The van der Waals surface area contributed by atoms with Gasteiger partial charge in [-0.15, -0.1) is 0 Å². The van der Waals surface area contributed by atoms with Gasteiger partial charge in [0, 0.05) is 36.4 Å². The molecule has 30 heavy (non-hydrogen) atoms. The summed E-state index contributed by atoms with van der Waals surface area (Å²) < 4.78 is 28.4. The lowest BCUT2D eigenvalue weighted by Crippen LogP contribution is -2.40. The first-order chi connectivity index (χ1) is 13.9. The summed E-state index contributed by atoms with van der Waals surface area (Å²) in [5, 5.41) is 6.25. The van der Waals surface area contributed by atoms with Crippen LogP contribution in [0.1, 0.15) is 57.8 Å². The monoisotopic (exact) mass is 438 g/mol. The Morgan fingerprint density at radius 3 is 2.53 bits per heavy atom. The topological polar surface area (TPSA) is 90.5 Å². The summed E-state index contributed by atoms with van der Waals surface area (Å²) in [6.07, 6.45) is 2.22. The van der Waals surface area contributed by atoms with Crippen molar-refractivity contribution >= 4 is 21.6 Å². The maximum Gasteiger partial charge on any atom is 0.251 e. The molecule has 1 amide bonds. The molecule has 0 unspecified atom stereocenters. The van der Waals surface area contributed by atoms with E-state index in [1.807, 2.05) is 0 Å². The van der Waals surface area contributed by atoms with Crippen molar-refractivity contribution in [2.24, 2.45) is 11.8 Å². The molecule has 7 nitrogen and oxygen atoms in total. The van der Waals surface area contributed by atoms with E-state index < -0.39 is 15.6 Å². The minimum atomic E-state index is -3.75. The van der Waals surface area contributed by atoms with Gasteiger partial charge < -0.3 is 15.5 Å². The zero-order chi connectivity index (χ0) is 22.5. The molecule has 1 aromatic carbocycles. The Labute approximate surface area is 182 Å². The second kappa shape index (κ2) is 10.1. The first-order valence-electron chi connectivity index (χ1n) is 10.8. The van der Waals surface area contributed by atoms with Crippen LogP contribution in [0, 0.1) is 11.8 Å². The van der Waals surface area contributed by atoms with E-state index in [0.29, 0.717) is 36.2 Å². The molecular formula is C22H38N4O3S. The van der Waals surface area contributed by atoms with Crippen molar-refractivity contribution in [1.29, 1.82) is 0 Å². The zero-order valence-electron chi connectivity index (χ0n) is 19.2. The van der Waals surface area contributed by atoms with Gasteiger partial charge in [-0.2, -0.15) is 0 Å². The predicted octanol–water partition coefficient (Wildman–Crippen LogP) is 2.90. The molecule has 1 heterocycles. The molecule has 1 aromatic rings. The molecule has 0 bridgehead atoms. The lowest BCUT2D eigenvalue weighted by atomic mass is 9.98. The zero-order valence-corrected chi connectivity index (χ0v) is 20.0. The fourth-order valence-electron chi connectivity index (χ4n) is 3.55. The van der Waals surface area contributed by atoms with Crippen LogP contribution in [0.4, 0.5) is 5.69 Å². The van der Waals surface area contributed by atoms with Crippen molar-refractivity contribution in [3.05, 3.63) is 23.8 Å². The molecule has 3 N–H and O–H groups in total. The van der Waals surface area contributed by atoms with Crippen LogP contribution < -0.4 is 15.4 Å². The van der Waals surface area contributed by atoms with Crippen LogP contribution in [0.3, 0.4) is 0 Å². The van der Waals surface area contributed by atoms with E-state index in [1.165, 1.54) is 6.07 Å². The van der Waals surface area contributed by atoms with Gasteiger partial charge >= 0.3 is 0 Å². The number of nitrogens with zero attached hydrogens (tertiary/aromatic N) is 1. The minimum Gasteiger partial charge on any atom is -0.385 e. The van der Waals surface area contributed by atoms with E-state index in [9.17, 15) is 13.2 Å². The number of rotatable bonds is 8. The van der Waals surface area contributed by atoms with Gasteiger partial charge in [0.05, 0.1) is 4.90 Å². The van der Waals surface area contributed by atoms with Crippen LogP contribution in [0.25, 0.3) is 0 Å². The molecule has 1 aliphatic rings. The van der Waals surface area contributed by atoms with E-state index in [2.05, 4.69) is 41.2 Å². The first kappa shape index (κ1) is 24.6. The van der Waals surface area contributed by atoms with Crippen molar-refractivity contribution < 1.29 is 13.2 Å². The maximum atomic E-state index is 12.9. The van der Waals surface area contributed by atoms with Gasteiger partial charge in [0.2, 0.25) is 10.0 Å². The number of carbonyl (C=O) groups is 1. The number of anilines is 1. The SMILES string of the molecule is CC(C)CNc1cc(C(=O)NC[C@@H]2CCCN(C)C2)cc(S(=O)(=O)NC(C)(C)C)c1. The molecule has 0 saturated carbocycles. The van der Waals surface area contributed by atoms with Gasteiger partial charge in [-0.05, 0) is 77.2 Å². The molecule has 1 aliphatic heterocycles. The van der Waals surface area contributed by atoms with Crippen LogP contribution in [-0.2, 0) is 10.0 Å². The predicted molar refractivity (Wildman–Crippen MR) is 122 cm³/mol. The third kappa shape index (κ3) is 7.89. The molecule has 0 aliphatic carbocycles. The number of sulfonamides is 1. The van der Waals surface area contributed by atoms with E-state index in [4.69, 9.17) is 0 Å². The highest BCUT2D eigenvalue weighted by atomic mass is 32.2. The summed E-state index contributed by atoms with van der Waals surface area (Å²) in [5.74, 6) is 0.558. The molecule has 1 saturated heterocycles. The molecule has 1 atom stereocenters. The number of piperidine rings is 1. The van der Waals surface area contributed by atoms with Gasteiger partial charge in [-0.25, -0.2) is 13.1 Å². The van der Waals surface area contributed by atoms with E-state index in [0.717, 1.165) is 25.9 Å². The lowest BCUT2D eigenvalue weighted by molar-refractivity contribution is 0.0936. The summed E-state index contributed by atoms with van der Waals surface area (Å²) in [4.78, 5) is 15.2. The summed E-state index contributed by atoms with van der Waals surface area (Å²) >= 11 is 0. The Bertz CT molecular complexity index is 831. The lowest BCUT2D eigenvalue weighted by Gasteiger charge is -2.29. The Hall–Kier alpha value is -1.64. The van der Waals surface area contributed by atoms with Crippen LogP contribution in [0.5, 0.6) is 0 Å². The third-order valence-electron chi connectivity index (χ3n) is 4.91. The number of hydrogen-bond donors (Lipinski definition) is 3. The molecule has 170 valence electrons. The van der Waals surface area contributed by atoms with Gasteiger partial charge in [-0.1, -0.05) is 13.8 Å². The smallest absolute Gasteiger partial charge is 0.251 e. The number of carbonyl (C=O) groups excluding carboxylic acids is 1. The normalized spacial score (nSPS) is 18.4. The van der Waals surface area contributed by atoms with Crippen molar-refractivity contribution in [3.8, 4) is 0 Å². The second-order valence-electron chi connectivity index (χ2n) is 9.86. The molecule has 0 spiro atoms. The number of nitrogens with one attached hydrogen (secondary N) is 3. The van der Waals surface area contributed by atoms with Gasteiger partial charge in [-0.3, -0.25) is 4.79 Å². The first-order valence-corrected chi connectivity index (χ1v) is 12.2.